The summed E-state index contributed by atoms with van der Waals surface area (Å²) in [5.41, 5.74) is 0. The third kappa shape index (κ3) is 730. The van der Waals surface area contributed by atoms with Crippen molar-refractivity contribution in [3.63, 3.8) is 0 Å². The van der Waals surface area contributed by atoms with Crippen LogP contribution in [-0.4, -0.2) is 206 Å². The van der Waals surface area contributed by atoms with Gasteiger partial charge in [-0.05, 0) is 0 Å². The van der Waals surface area contributed by atoms with Gasteiger partial charge in [0.1, 0.15) is 0 Å². The van der Waals surface area contributed by atoms with Gasteiger partial charge in [-0.3, -0.25) is 0 Å². The molecule has 0 spiro atoms. The fraction of sp³-hybridized carbons (Fsp3) is 1.00. The van der Waals surface area contributed by atoms with Crippen LogP contribution in [0.4, 0.5) is 0 Å². The van der Waals surface area contributed by atoms with Crippen molar-refractivity contribution in [3.8, 4) is 0 Å². The van der Waals surface area contributed by atoms with E-state index in [1.54, 1.807) is 84.3 Å². The number of hydrogen-bond donors (Lipinski definition) is 0. The molecule has 0 aromatic carbocycles. The van der Waals surface area contributed by atoms with Gasteiger partial charge in [0.05, 0.1) is 0 Å². The summed E-state index contributed by atoms with van der Waals surface area (Å²) in [4.78, 5) is 18.0. The Hall–Kier alpha value is 7.17. The van der Waals surface area contributed by atoms with Gasteiger partial charge in [0.2, 0.25) is 0 Å². The van der Waals surface area contributed by atoms with Crippen LogP contribution < -0.4 is 0 Å². The Morgan fingerprint density at radius 1 is 0.233 bits per heavy atom. The maximum absolute atomic E-state index is 2.28. The summed E-state index contributed by atoms with van der Waals surface area (Å²) in [6, 6.07) is 0. The molecule has 0 saturated carbocycles. The molecular formula is C48H125As6Ga6. The first-order chi connectivity index (χ1) is 26.5. The Morgan fingerprint density at radius 2 is 0.267 bits per heavy atom. The molecule has 0 heterocycles. The Labute approximate surface area is 490 Å². The first kappa shape index (κ1) is 96.6. The Bertz CT molecular complexity index is 432. The first-order valence-electron chi connectivity index (χ1n) is 24.1. The molecule has 0 saturated heterocycles. The van der Waals surface area contributed by atoms with Crippen LogP contribution in [0.5, 0.6) is 0 Å². The van der Waals surface area contributed by atoms with Gasteiger partial charge in [-0.25, -0.2) is 0 Å². The van der Waals surface area contributed by atoms with Gasteiger partial charge < -0.3 is 0 Å². The van der Waals surface area contributed by atoms with E-state index >= 15 is 0 Å². The minimum absolute atomic E-state index is 0.312. The average Bonchev–Trinajstić information content (AvgIpc) is 2.96. The van der Waals surface area contributed by atoms with E-state index in [4.69, 9.17) is 0 Å². The molecule has 0 aliphatic rings. The second-order valence-corrected chi connectivity index (χ2v) is 69.9. The molecule has 7 radical (unpaired) electrons. The molecule has 0 aromatic rings. The van der Waals surface area contributed by atoms with Gasteiger partial charge >= 0.3 is 498 Å². The molecule has 0 N–H and O–H groups in total. The van der Waals surface area contributed by atoms with Crippen molar-refractivity contribution in [1.82, 2.24) is 0 Å². The van der Waals surface area contributed by atoms with Crippen molar-refractivity contribution < 1.29 is 0 Å². The Morgan fingerprint density at radius 3 is 0.267 bits per heavy atom. The van der Waals surface area contributed by atoms with Gasteiger partial charge in [0, 0.05) is 0 Å². The topological polar surface area (TPSA) is 0 Å². The second kappa shape index (κ2) is 75.1. The van der Waals surface area contributed by atoms with Crippen molar-refractivity contribution in [3.05, 3.63) is 0 Å². The van der Waals surface area contributed by atoms with Crippen molar-refractivity contribution in [2.24, 2.45) is 0 Å². The van der Waals surface area contributed by atoms with Crippen molar-refractivity contribution in [2.45, 2.75) is 293 Å². The van der Waals surface area contributed by atoms with E-state index in [9.17, 15) is 0 Å². The summed E-state index contributed by atoms with van der Waals surface area (Å²) in [6.45, 7) is 67.2. The predicted octanol–water partition coefficient (Wildman–Crippen LogP) is 14.7. The van der Waals surface area contributed by atoms with Gasteiger partial charge in [-0.15, -0.1) is 0 Å². The van der Waals surface area contributed by atoms with Crippen LogP contribution >= 0.6 is 0 Å². The fourth-order valence-corrected chi connectivity index (χ4v) is 9.00. The summed E-state index contributed by atoms with van der Waals surface area (Å²) in [5, 5.41) is 0. The van der Waals surface area contributed by atoms with Gasteiger partial charge in [-0.1, -0.05) is 0 Å². The van der Waals surface area contributed by atoms with Gasteiger partial charge in [0.15, 0.2) is 0 Å². The molecule has 0 rings (SSSR count). The normalized spacial score (nSPS) is 9.80. The van der Waals surface area contributed by atoms with Crippen LogP contribution in [-0.2, 0) is 0 Å². The zero-order valence-electron chi connectivity index (χ0n) is 48.3. The SMILES string of the molecule is CC(C)(C)[AsH2].CC(C)(C)[AsH2].CC(C)(C)[AsH2].CC(C)(C)[AsH2].CC(C)(C)[AsH2].CC(C)(C)[AsH].C[CH2][Ga][CH2]C.C[CH2][Ga][CH2]C.C[CH2][Ga][CH2]C.C[CH2][Ga][CH2]C.C[CH2][Ga][CH2]C.C[CH2][Ga][CH2]C. The molecule has 5 unspecified atom stereocenters. The quantitative estimate of drug-likeness (QED) is 0.171. The van der Waals surface area contributed by atoms with Crippen LogP contribution in [0.15, 0.2) is 0 Å². The van der Waals surface area contributed by atoms with E-state index in [2.05, 4.69) is 225 Å². The Kier molecular flexibility index (Phi) is 121. The van der Waals surface area contributed by atoms with E-state index in [-0.39, 0.29) is 0 Å². The third-order valence-corrected chi connectivity index (χ3v) is 18.0. The zero-order valence-corrected chi connectivity index (χ0v) is 77.1. The summed E-state index contributed by atoms with van der Waals surface area (Å²) < 4.78 is 3.31. The standard InChI is InChI=1S/5C4H11As.C4H10As.12C2H5.6Ga/c6*1-4(2,3)5;12*1-2;;;;;;/h5*5H2,1-3H3;5H,1-3H3;12*1H2,2H3;;;;;;. The fourth-order valence-electron chi connectivity index (χ4n) is 1.73. The zero-order chi connectivity index (χ0) is 51.7. The van der Waals surface area contributed by atoms with Crippen molar-refractivity contribution in [1.29, 1.82) is 0 Å². The van der Waals surface area contributed by atoms with E-state index in [0.29, 0.717) is 130 Å². The van der Waals surface area contributed by atoms with Crippen LogP contribution in [0.3, 0.4) is 0 Å². The number of hydrogen-bond acceptors (Lipinski definition) is 0. The molecule has 0 amide bonds. The maximum atomic E-state index is 2.28. The summed E-state index contributed by atoms with van der Waals surface area (Å²) >= 11 is 13.0. The van der Waals surface area contributed by atoms with Crippen LogP contribution in [0.25, 0.3) is 0 Å². The van der Waals surface area contributed by atoms with Gasteiger partial charge in [0.25, 0.3) is 0 Å². The van der Waals surface area contributed by atoms with E-state index in [1.807, 2.05) is 0 Å². The van der Waals surface area contributed by atoms with Crippen LogP contribution in [0.1, 0.15) is 208 Å². The third-order valence-electron chi connectivity index (χ3n) is 3.46. The van der Waals surface area contributed by atoms with Gasteiger partial charge in [-0.2, -0.15) is 0 Å². The first-order valence-corrected chi connectivity index (χ1v) is 51.7. The molecular weight excluding hydrogens is 1440 g/mol. The molecule has 0 aliphatic heterocycles. The summed E-state index contributed by atoms with van der Waals surface area (Å²) in [6.07, 6.45) is 0. The molecule has 365 valence electrons. The second-order valence-electron chi connectivity index (χ2n) is 20.7. The summed E-state index contributed by atoms with van der Waals surface area (Å²) in [7, 11) is 0. The molecule has 0 fully saturated rings. The molecule has 5 atom stereocenters. The van der Waals surface area contributed by atoms with Crippen LogP contribution in [0.2, 0.25) is 84.9 Å². The number of rotatable bonds is 12. The molecule has 0 aliphatic carbocycles. The molecule has 0 aromatic heterocycles. The van der Waals surface area contributed by atoms with E-state index in [0.717, 1.165) is 0 Å². The van der Waals surface area contributed by atoms with E-state index in [1.165, 1.54) is 59.7 Å². The molecule has 60 heavy (non-hydrogen) atoms. The predicted molar refractivity (Wildman–Crippen MR) is 328 cm³/mol. The van der Waals surface area contributed by atoms with E-state index < -0.39 is 0 Å². The molecule has 12 heteroatoms. The molecule has 0 bridgehead atoms. The van der Waals surface area contributed by atoms with Crippen molar-refractivity contribution >= 4 is 206 Å². The molecule has 0 nitrogen and oxygen atoms in total. The average molecular weight is 1570 g/mol. The Balaban J connectivity index is -0.0000000419. The summed E-state index contributed by atoms with van der Waals surface area (Å²) in [5.74, 6) is 0. The van der Waals surface area contributed by atoms with Crippen LogP contribution in [0, 0.1) is 0 Å². The monoisotopic (exact) mass is 1570 g/mol. The minimum atomic E-state index is 0.312. The van der Waals surface area contributed by atoms with Crippen molar-refractivity contribution in [2.75, 3.05) is 0 Å².